The molecule has 1 aromatic heterocycles. The van der Waals surface area contributed by atoms with Gasteiger partial charge in [-0.05, 0) is 0 Å². The summed E-state index contributed by atoms with van der Waals surface area (Å²) < 4.78 is 24.5. The normalized spacial score (nSPS) is 10.8. The zero-order valence-electron chi connectivity index (χ0n) is 6.48. The molecule has 0 aliphatic heterocycles. The summed E-state index contributed by atoms with van der Waals surface area (Å²) in [7, 11) is 0. The SMILES string of the molecule is Nc1c(C(F)F)c[nH]c(=O)c1CCl. The Kier molecular flexibility index (Phi) is 2.87. The first-order valence-corrected chi connectivity index (χ1v) is 3.95. The fourth-order valence-electron chi connectivity index (χ4n) is 0.918. The van der Waals surface area contributed by atoms with E-state index in [0.29, 0.717) is 0 Å². The number of aromatic amines is 1. The van der Waals surface area contributed by atoms with Crippen LogP contribution in [0.3, 0.4) is 0 Å². The van der Waals surface area contributed by atoms with Gasteiger partial charge in [0.25, 0.3) is 12.0 Å². The number of hydrogen-bond donors (Lipinski definition) is 2. The number of nitrogens with one attached hydrogen (secondary N) is 1. The molecule has 72 valence electrons. The molecule has 0 fully saturated rings. The van der Waals surface area contributed by atoms with Crippen molar-refractivity contribution in [3.8, 4) is 0 Å². The molecule has 1 aromatic rings. The van der Waals surface area contributed by atoms with E-state index in [1.807, 2.05) is 0 Å². The summed E-state index contributed by atoms with van der Waals surface area (Å²) in [6.45, 7) is 0. The average Bonchev–Trinajstić information content (AvgIpc) is 2.04. The van der Waals surface area contributed by atoms with Crippen molar-refractivity contribution in [3.63, 3.8) is 0 Å². The van der Waals surface area contributed by atoms with Gasteiger partial charge in [0.1, 0.15) is 0 Å². The number of hydrogen-bond acceptors (Lipinski definition) is 2. The zero-order valence-corrected chi connectivity index (χ0v) is 7.24. The lowest BCUT2D eigenvalue weighted by atomic mass is 10.1. The molecule has 0 bridgehead atoms. The molecule has 0 unspecified atom stereocenters. The van der Waals surface area contributed by atoms with Crippen LogP contribution >= 0.6 is 11.6 Å². The Balaban J connectivity index is 3.36. The van der Waals surface area contributed by atoms with Crippen molar-refractivity contribution in [1.82, 2.24) is 4.98 Å². The minimum absolute atomic E-state index is 0.0144. The second-order valence-electron chi connectivity index (χ2n) is 2.40. The molecule has 1 heterocycles. The molecule has 0 aliphatic rings. The van der Waals surface area contributed by atoms with Gasteiger partial charge in [0.2, 0.25) is 0 Å². The summed E-state index contributed by atoms with van der Waals surface area (Å²) in [6.07, 6.45) is -1.81. The Morgan fingerprint density at radius 2 is 2.23 bits per heavy atom. The van der Waals surface area contributed by atoms with E-state index in [2.05, 4.69) is 4.98 Å². The highest BCUT2D eigenvalue weighted by Crippen LogP contribution is 2.25. The first kappa shape index (κ1) is 9.98. The number of anilines is 1. The Hall–Kier alpha value is -1.10. The van der Waals surface area contributed by atoms with E-state index in [0.717, 1.165) is 6.20 Å². The van der Waals surface area contributed by atoms with Gasteiger partial charge in [-0.1, -0.05) is 0 Å². The smallest absolute Gasteiger partial charge is 0.267 e. The number of nitrogen functional groups attached to an aromatic ring is 1. The first-order valence-electron chi connectivity index (χ1n) is 3.42. The molecule has 3 N–H and O–H groups in total. The lowest BCUT2D eigenvalue weighted by Crippen LogP contribution is -2.15. The summed E-state index contributed by atoms with van der Waals surface area (Å²) in [6, 6.07) is 0. The molecule has 0 saturated carbocycles. The minimum Gasteiger partial charge on any atom is -0.398 e. The van der Waals surface area contributed by atoms with Gasteiger partial charge in [-0.15, -0.1) is 11.6 Å². The number of rotatable bonds is 2. The summed E-state index contributed by atoms with van der Waals surface area (Å²) in [5.41, 5.74) is 4.14. The fraction of sp³-hybridized carbons (Fsp3) is 0.286. The summed E-state index contributed by atoms with van der Waals surface area (Å²) in [5, 5.41) is 0. The van der Waals surface area contributed by atoms with Crippen LogP contribution in [0.15, 0.2) is 11.0 Å². The number of halogens is 3. The highest BCUT2D eigenvalue weighted by Gasteiger charge is 2.15. The number of pyridine rings is 1. The van der Waals surface area contributed by atoms with E-state index in [-0.39, 0.29) is 17.1 Å². The molecule has 0 saturated heterocycles. The minimum atomic E-state index is -2.71. The molecule has 0 spiro atoms. The first-order chi connectivity index (χ1) is 6.07. The van der Waals surface area contributed by atoms with Gasteiger partial charge in [0.15, 0.2) is 0 Å². The van der Waals surface area contributed by atoms with Crippen LogP contribution in [0.25, 0.3) is 0 Å². The van der Waals surface area contributed by atoms with Crippen molar-refractivity contribution in [2.45, 2.75) is 12.3 Å². The second kappa shape index (κ2) is 3.74. The molecule has 0 radical (unpaired) electrons. The number of nitrogens with two attached hydrogens (primary N) is 1. The van der Waals surface area contributed by atoms with Crippen molar-refractivity contribution in [3.05, 3.63) is 27.7 Å². The standard InChI is InChI=1S/C7H7ClF2N2O/c8-1-3-5(11)4(6(9)10)2-12-7(3)13/h2,6H,1H2,(H3,11,12,13). The fourth-order valence-corrected chi connectivity index (χ4v) is 1.18. The van der Waals surface area contributed by atoms with Crippen LogP contribution in [0, 0.1) is 0 Å². The molecule has 0 amide bonds. The Morgan fingerprint density at radius 1 is 1.62 bits per heavy atom. The molecule has 3 nitrogen and oxygen atoms in total. The van der Waals surface area contributed by atoms with Crippen LogP contribution in [-0.4, -0.2) is 4.98 Å². The van der Waals surface area contributed by atoms with Crippen molar-refractivity contribution in [1.29, 1.82) is 0 Å². The van der Waals surface area contributed by atoms with E-state index < -0.39 is 17.5 Å². The van der Waals surface area contributed by atoms with Gasteiger partial charge in [-0.2, -0.15) is 0 Å². The van der Waals surface area contributed by atoms with Crippen LogP contribution in [0.2, 0.25) is 0 Å². The van der Waals surface area contributed by atoms with Gasteiger partial charge in [0, 0.05) is 6.20 Å². The van der Waals surface area contributed by atoms with Crippen molar-refractivity contribution in [2.24, 2.45) is 0 Å². The molecule has 0 aromatic carbocycles. The third-order valence-corrected chi connectivity index (χ3v) is 1.90. The van der Waals surface area contributed by atoms with E-state index in [1.165, 1.54) is 0 Å². The third kappa shape index (κ3) is 1.80. The lowest BCUT2D eigenvalue weighted by molar-refractivity contribution is 0.151. The van der Waals surface area contributed by atoms with Crippen molar-refractivity contribution < 1.29 is 8.78 Å². The Labute approximate surface area is 77.5 Å². The zero-order chi connectivity index (χ0) is 10.0. The molecule has 0 aliphatic carbocycles. The molecular formula is C7H7ClF2N2O. The molecule has 0 atom stereocenters. The van der Waals surface area contributed by atoms with Crippen molar-refractivity contribution in [2.75, 3.05) is 5.73 Å². The highest BCUT2D eigenvalue weighted by atomic mass is 35.5. The van der Waals surface area contributed by atoms with E-state index in [9.17, 15) is 13.6 Å². The van der Waals surface area contributed by atoms with Crippen LogP contribution in [0.4, 0.5) is 14.5 Å². The van der Waals surface area contributed by atoms with Crippen LogP contribution in [-0.2, 0) is 5.88 Å². The maximum absolute atomic E-state index is 12.2. The number of H-pyrrole nitrogens is 1. The quantitative estimate of drug-likeness (QED) is 0.726. The van der Waals surface area contributed by atoms with Crippen LogP contribution in [0.5, 0.6) is 0 Å². The maximum atomic E-state index is 12.2. The third-order valence-electron chi connectivity index (χ3n) is 1.64. The Bertz CT molecular complexity index is 364. The summed E-state index contributed by atoms with van der Waals surface area (Å²) in [4.78, 5) is 13.1. The molecule has 1 rings (SSSR count). The molecule has 6 heteroatoms. The van der Waals surface area contributed by atoms with Gasteiger partial charge in [0.05, 0.1) is 22.7 Å². The van der Waals surface area contributed by atoms with E-state index in [1.54, 1.807) is 0 Å². The van der Waals surface area contributed by atoms with Crippen LogP contribution < -0.4 is 11.3 Å². The summed E-state index contributed by atoms with van der Waals surface area (Å²) in [5.74, 6) is -0.179. The molecular weight excluding hydrogens is 202 g/mol. The second-order valence-corrected chi connectivity index (χ2v) is 2.67. The predicted molar refractivity (Wildman–Crippen MR) is 46.0 cm³/mol. The molecule has 13 heavy (non-hydrogen) atoms. The van der Waals surface area contributed by atoms with Gasteiger partial charge >= 0.3 is 0 Å². The number of aromatic nitrogens is 1. The van der Waals surface area contributed by atoms with Crippen molar-refractivity contribution >= 4 is 17.3 Å². The average molecular weight is 209 g/mol. The monoisotopic (exact) mass is 208 g/mol. The van der Waals surface area contributed by atoms with Gasteiger partial charge in [-0.25, -0.2) is 8.78 Å². The largest absolute Gasteiger partial charge is 0.398 e. The summed E-state index contributed by atoms with van der Waals surface area (Å²) >= 11 is 5.37. The van der Waals surface area contributed by atoms with Gasteiger partial charge in [-0.3, -0.25) is 4.79 Å². The number of alkyl halides is 3. The topological polar surface area (TPSA) is 58.9 Å². The van der Waals surface area contributed by atoms with Gasteiger partial charge < -0.3 is 10.7 Å². The highest BCUT2D eigenvalue weighted by molar-refractivity contribution is 6.17. The maximum Gasteiger partial charge on any atom is 0.267 e. The van der Waals surface area contributed by atoms with Crippen LogP contribution in [0.1, 0.15) is 17.6 Å². The predicted octanol–water partition coefficient (Wildman–Crippen LogP) is 1.63. The van der Waals surface area contributed by atoms with E-state index >= 15 is 0 Å². The van der Waals surface area contributed by atoms with E-state index in [4.69, 9.17) is 17.3 Å². The lowest BCUT2D eigenvalue weighted by Gasteiger charge is -2.06. The Morgan fingerprint density at radius 3 is 2.69 bits per heavy atom.